The topological polar surface area (TPSA) is 131 Å². The van der Waals surface area contributed by atoms with Crippen LogP contribution in [-0.2, 0) is 9.59 Å². The minimum Gasteiger partial charge on any atom is -0.477 e. The maximum Gasteiger partial charge on any atom is 0.343 e. The van der Waals surface area contributed by atoms with E-state index in [0.29, 0.717) is 0 Å². The Hall–Kier alpha value is -2.48. The van der Waals surface area contributed by atoms with Crippen LogP contribution in [0, 0.1) is 23.0 Å². The third-order valence-corrected chi connectivity index (χ3v) is 4.10. The number of rotatable bonds is 6. The molecule has 1 aromatic heterocycles. The average molecular weight is 341 g/mol. The van der Waals surface area contributed by atoms with Gasteiger partial charge in [0.1, 0.15) is 16.8 Å². The predicted molar refractivity (Wildman–Crippen MR) is 80.2 cm³/mol. The van der Waals surface area contributed by atoms with Crippen molar-refractivity contribution in [2.24, 2.45) is 5.92 Å². The van der Waals surface area contributed by atoms with Crippen LogP contribution in [0.5, 0.6) is 0 Å². The molecule has 1 heterocycles. The van der Waals surface area contributed by atoms with Crippen molar-refractivity contribution in [3.63, 3.8) is 0 Å². The summed E-state index contributed by atoms with van der Waals surface area (Å²) in [5, 5.41) is 29.1. The van der Waals surface area contributed by atoms with Crippen LogP contribution in [0.2, 0.25) is 5.02 Å². The SMILES string of the molecule is Cc1c(C(CC2CC2)=C(C(=O)O)C(=O)O)ncc([N+](=O)[O-])c1Cl. The first kappa shape index (κ1) is 16.9. The normalized spacial score (nSPS) is 13.5. The molecule has 1 aliphatic rings. The fourth-order valence-electron chi connectivity index (χ4n) is 2.28. The number of pyridine rings is 1. The van der Waals surface area contributed by atoms with Gasteiger partial charge in [-0.15, -0.1) is 0 Å². The Morgan fingerprint density at radius 1 is 1.39 bits per heavy atom. The van der Waals surface area contributed by atoms with Gasteiger partial charge >= 0.3 is 17.6 Å². The molecule has 1 aliphatic carbocycles. The standard InChI is InChI=1S/C14H13ClN2O6/c1-6-11(15)9(17(22)23)5-16-12(6)8(4-7-2-3-7)10(13(18)19)14(20)21/h5,7H,2-4H2,1H3,(H,18,19)(H,20,21). The summed E-state index contributed by atoms with van der Waals surface area (Å²) in [5.74, 6) is -2.97. The molecule has 122 valence electrons. The highest BCUT2D eigenvalue weighted by atomic mass is 35.5. The lowest BCUT2D eigenvalue weighted by Gasteiger charge is -2.13. The van der Waals surface area contributed by atoms with E-state index in [1.807, 2.05) is 0 Å². The number of allylic oxidation sites excluding steroid dienone is 1. The second kappa shape index (κ2) is 6.33. The van der Waals surface area contributed by atoms with E-state index in [9.17, 15) is 29.9 Å². The van der Waals surface area contributed by atoms with Gasteiger partial charge in [-0.1, -0.05) is 11.6 Å². The summed E-state index contributed by atoms with van der Waals surface area (Å²) in [7, 11) is 0. The van der Waals surface area contributed by atoms with Gasteiger partial charge in [-0.2, -0.15) is 0 Å². The van der Waals surface area contributed by atoms with Crippen molar-refractivity contribution in [2.45, 2.75) is 26.2 Å². The van der Waals surface area contributed by atoms with Gasteiger partial charge in [0.25, 0.3) is 0 Å². The number of aliphatic carboxylic acids is 2. The molecule has 0 atom stereocenters. The minimum absolute atomic E-state index is 0.0433. The third-order valence-electron chi connectivity index (χ3n) is 3.63. The molecule has 8 nitrogen and oxygen atoms in total. The Labute approximate surface area is 135 Å². The summed E-state index contributed by atoms with van der Waals surface area (Å²) in [5.41, 5.74) is -0.881. The van der Waals surface area contributed by atoms with Crippen molar-refractivity contribution in [3.05, 3.63) is 38.2 Å². The lowest BCUT2D eigenvalue weighted by Crippen LogP contribution is -2.15. The first-order chi connectivity index (χ1) is 10.7. The van der Waals surface area contributed by atoms with E-state index in [2.05, 4.69) is 4.98 Å². The fourth-order valence-corrected chi connectivity index (χ4v) is 2.49. The molecule has 0 saturated heterocycles. The number of carboxylic acid groups (broad SMARTS) is 2. The number of hydrogen-bond donors (Lipinski definition) is 2. The molecule has 0 amide bonds. The monoisotopic (exact) mass is 340 g/mol. The van der Waals surface area contributed by atoms with Crippen molar-refractivity contribution >= 4 is 34.8 Å². The highest BCUT2D eigenvalue weighted by Crippen LogP contribution is 2.41. The van der Waals surface area contributed by atoms with E-state index in [0.717, 1.165) is 19.0 Å². The number of halogens is 1. The Bertz CT molecular complexity index is 723. The molecule has 2 N–H and O–H groups in total. The van der Waals surface area contributed by atoms with Gasteiger partial charge in [-0.3, -0.25) is 10.1 Å². The summed E-state index contributed by atoms with van der Waals surface area (Å²) in [6, 6.07) is 0. The summed E-state index contributed by atoms with van der Waals surface area (Å²) in [4.78, 5) is 36.7. The van der Waals surface area contributed by atoms with Crippen molar-refractivity contribution in [3.8, 4) is 0 Å². The van der Waals surface area contributed by atoms with Gasteiger partial charge < -0.3 is 10.2 Å². The van der Waals surface area contributed by atoms with E-state index in [1.165, 1.54) is 6.92 Å². The summed E-state index contributed by atoms with van der Waals surface area (Å²) in [6.07, 6.45) is 2.89. The summed E-state index contributed by atoms with van der Waals surface area (Å²) >= 11 is 5.95. The van der Waals surface area contributed by atoms with Crippen molar-refractivity contribution in [1.29, 1.82) is 0 Å². The number of aromatic nitrogens is 1. The summed E-state index contributed by atoms with van der Waals surface area (Å²) in [6.45, 7) is 1.45. The Morgan fingerprint density at radius 2 is 1.96 bits per heavy atom. The smallest absolute Gasteiger partial charge is 0.343 e. The van der Waals surface area contributed by atoms with E-state index >= 15 is 0 Å². The van der Waals surface area contributed by atoms with E-state index in [1.54, 1.807) is 0 Å². The molecule has 0 aromatic carbocycles. The van der Waals surface area contributed by atoms with Crippen LogP contribution in [0.4, 0.5) is 5.69 Å². The molecule has 0 spiro atoms. The molecule has 1 saturated carbocycles. The highest BCUT2D eigenvalue weighted by Gasteiger charge is 2.32. The van der Waals surface area contributed by atoms with E-state index < -0.39 is 28.1 Å². The molecule has 0 aliphatic heterocycles. The zero-order chi connectivity index (χ0) is 17.3. The molecule has 1 fully saturated rings. The number of hydrogen-bond acceptors (Lipinski definition) is 5. The van der Waals surface area contributed by atoms with E-state index in [4.69, 9.17) is 11.6 Å². The molecular weight excluding hydrogens is 328 g/mol. The molecule has 9 heteroatoms. The maximum absolute atomic E-state index is 11.3. The molecule has 0 radical (unpaired) electrons. The van der Waals surface area contributed by atoms with Crippen molar-refractivity contribution < 1.29 is 24.7 Å². The molecule has 2 rings (SSSR count). The zero-order valence-corrected chi connectivity index (χ0v) is 12.8. The number of carbonyl (C=O) groups is 2. The summed E-state index contributed by atoms with van der Waals surface area (Å²) < 4.78 is 0. The van der Waals surface area contributed by atoms with Crippen LogP contribution in [0.3, 0.4) is 0 Å². The van der Waals surface area contributed by atoms with Gasteiger partial charge in [0.05, 0.1) is 10.6 Å². The maximum atomic E-state index is 11.3. The van der Waals surface area contributed by atoms with Gasteiger partial charge in [0.2, 0.25) is 0 Å². The van der Waals surface area contributed by atoms with E-state index in [-0.39, 0.29) is 34.2 Å². The second-order valence-electron chi connectivity index (χ2n) is 5.30. The first-order valence-electron chi connectivity index (χ1n) is 6.73. The van der Waals surface area contributed by atoms with Gasteiger partial charge in [0.15, 0.2) is 0 Å². The number of nitro groups is 1. The second-order valence-corrected chi connectivity index (χ2v) is 5.68. The highest BCUT2D eigenvalue weighted by molar-refractivity contribution is 6.33. The average Bonchev–Trinajstić information content (AvgIpc) is 3.23. The molecule has 23 heavy (non-hydrogen) atoms. The predicted octanol–water partition coefficient (Wildman–Crippen LogP) is 2.67. The lowest BCUT2D eigenvalue weighted by molar-refractivity contribution is -0.385. The zero-order valence-electron chi connectivity index (χ0n) is 12.1. The molecule has 0 bridgehead atoms. The van der Waals surface area contributed by atoms with Gasteiger partial charge in [-0.25, -0.2) is 14.6 Å². The number of nitrogens with zero attached hydrogens (tertiary/aromatic N) is 2. The van der Waals surface area contributed by atoms with Crippen LogP contribution in [-0.4, -0.2) is 32.1 Å². The Balaban J connectivity index is 2.67. The van der Waals surface area contributed by atoms with Crippen molar-refractivity contribution in [2.75, 3.05) is 0 Å². The number of carboxylic acids is 2. The van der Waals surface area contributed by atoms with Gasteiger partial charge in [0, 0.05) is 11.1 Å². The van der Waals surface area contributed by atoms with Crippen LogP contribution in [0.15, 0.2) is 11.8 Å². The lowest BCUT2D eigenvalue weighted by atomic mass is 9.95. The fraction of sp³-hybridized carbons (Fsp3) is 0.357. The van der Waals surface area contributed by atoms with Crippen LogP contribution < -0.4 is 0 Å². The van der Waals surface area contributed by atoms with Crippen LogP contribution in [0.25, 0.3) is 5.57 Å². The first-order valence-corrected chi connectivity index (χ1v) is 7.11. The minimum atomic E-state index is -1.58. The molecule has 1 aromatic rings. The third kappa shape index (κ3) is 3.48. The quantitative estimate of drug-likeness (QED) is 0.267. The van der Waals surface area contributed by atoms with Crippen LogP contribution in [0.1, 0.15) is 30.5 Å². The van der Waals surface area contributed by atoms with Crippen molar-refractivity contribution in [1.82, 2.24) is 4.98 Å². The molecular formula is C14H13ClN2O6. The Kier molecular flexibility index (Phi) is 4.65. The van der Waals surface area contributed by atoms with Gasteiger partial charge in [-0.05, 0) is 32.1 Å². The largest absolute Gasteiger partial charge is 0.477 e. The van der Waals surface area contributed by atoms with Crippen LogP contribution >= 0.6 is 11.6 Å². The molecule has 0 unspecified atom stereocenters. The Morgan fingerprint density at radius 3 is 2.39 bits per heavy atom.